The molecule has 3 aromatic carbocycles. The Kier molecular flexibility index (Phi) is 9.04. The Balaban J connectivity index is 1.74. The topological polar surface area (TPSA) is 76.9 Å². The number of rotatable bonds is 6. The smallest absolute Gasteiger partial charge is 0.410 e. The summed E-state index contributed by atoms with van der Waals surface area (Å²) in [5, 5.41) is 5.74. The first-order valence-corrected chi connectivity index (χ1v) is 15.0. The lowest BCUT2D eigenvalue weighted by molar-refractivity contribution is 0.0254. The first-order valence-electron chi connectivity index (χ1n) is 14.3. The minimum Gasteiger partial charge on any atom is -0.497 e. The fourth-order valence-corrected chi connectivity index (χ4v) is 5.60. The van der Waals surface area contributed by atoms with E-state index in [-0.39, 0.29) is 24.7 Å². The van der Waals surface area contributed by atoms with E-state index in [0.717, 1.165) is 22.6 Å². The number of nitrogens with zero attached hydrogens (tertiary/aromatic N) is 4. The monoisotopic (exact) mass is 632 g/mol. The number of carbonyl (C=O) groups excluding carboxylic acids is 2. The zero-order valence-corrected chi connectivity index (χ0v) is 26.8. The number of carbonyl (C=O) groups is 2. The molecule has 0 saturated carbocycles. The van der Waals surface area contributed by atoms with E-state index in [0.29, 0.717) is 33.5 Å². The minimum atomic E-state index is -0.705. The molecule has 0 fully saturated rings. The van der Waals surface area contributed by atoms with Crippen molar-refractivity contribution in [2.75, 3.05) is 25.1 Å². The number of hydrogen-bond acceptors (Lipinski definition) is 5. The molecule has 0 saturated heterocycles. The maximum absolute atomic E-state index is 14.3. The molecule has 1 aliphatic heterocycles. The Morgan fingerprint density at radius 2 is 1.70 bits per heavy atom. The standard InChI is InChI=1S/C34H34Cl2N4O4/c1-6-39(25-10-8-7-9-11-25)32(41)30-27-21-38(33(42)44-34(2,3)4)20-23(18-22-12-15-26(43-5)16-13-22)31(27)40(37-30)29-17-14-24(35)19-28(29)36/h7-19H,6,20-21H2,1-5H3. The van der Waals surface area contributed by atoms with Crippen molar-refractivity contribution in [3.8, 4) is 11.4 Å². The molecular weight excluding hydrogens is 599 g/mol. The third-order valence-electron chi connectivity index (χ3n) is 7.08. The van der Waals surface area contributed by atoms with Crippen LogP contribution in [0.25, 0.3) is 17.3 Å². The Morgan fingerprint density at radius 3 is 2.32 bits per heavy atom. The van der Waals surface area contributed by atoms with Crippen LogP contribution in [-0.2, 0) is 11.3 Å². The number of anilines is 1. The fourth-order valence-electron chi connectivity index (χ4n) is 5.11. The van der Waals surface area contributed by atoms with Crippen LogP contribution in [0.1, 0.15) is 55.0 Å². The summed E-state index contributed by atoms with van der Waals surface area (Å²) in [6, 6.07) is 22.1. The summed E-state index contributed by atoms with van der Waals surface area (Å²) in [4.78, 5) is 31.0. The number of halogens is 2. The molecule has 5 rings (SSSR count). The van der Waals surface area contributed by atoms with Crippen molar-refractivity contribution < 1.29 is 19.1 Å². The van der Waals surface area contributed by atoms with Gasteiger partial charge in [0.1, 0.15) is 11.4 Å². The highest BCUT2D eigenvalue weighted by Crippen LogP contribution is 2.37. The van der Waals surface area contributed by atoms with Crippen molar-refractivity contribution in [2.45, 2.75) is 39.8 Å². The van der Waals surface area contributed by atoms with Gasteiger partial charge in [-0.25, -0.2) is 9.48 Å². The summed E-state index contributed by atoms with van der Waals surface area (Å²) < 4.78 is 12.8. The molecule has 0 aliphatic carbocycles. The molecule has 0 radical (unpaired) electrons. The highest BCUT2D eigenvalue weighted by Gasteiger charge is 2.36. The lowest BCUT2D eigenvalue weighted by atomic mass is 9.97. The van der Waals surface area contributed by atoms with E-state index in [2.05, 4.69) is 0 Å². The van der Waals surface area contributed by atoms with Crippen molar-refractivity contribution in [2.24, 2.45) is 0 Å². The third-order valence-corrected chi connectivity index (χ3v) is 7.61. The van der Waals surface area contributed by atoms with Crippen molar-refractivity contribution in [3.05, 3.63) is 105 Å². The van der Waals surface area contributed by atoms with Crippen molar-refractivity contribution in [1.29, 1.82) is 0 Å². The Hall–Kier alpha value is -4.27. The van der Waals surface area contributed by atoms with Crippen LogP contribution in [0.15, 0.2) is 72.8 Å². The number of fused-ring (bicyclic) bond motifs is 1. The van der Waals surface area contributed by atoms with Crippen LogP contribution in [0, 0.1) is 0 Å². The molecule has 0 unspecified atom stereocenters. The molecule has 1 aliphatic rings. The largest absolute Gasteiger partial charge is 0.497 e. The van der Waals surface area contributed by atoms with Crippen LogP contribution >= 0.6 is 23.2 Å². The summed E-state index contributed by atoms with van der Waals surface area (Å²) in [6.07, 6.45) is 1.48. The average Bonchev–Trinajstić information content (AvgIpc) is 3.37. The molecule has 0 spiro atoms. The molecule has 10 heteroatoms. The van der Waals surface area contributed by atoms with Crippen LogP contribution in [0.5, 0.6) is 5.75 Å². The van der Waals surface area contributed by atoms with Gasteiger partial charge in [0, 0.05) is 22.8 Å². The molecule has 0 bridgehead atoms. The maximum atomic E-state index is 14.3. The zero-order valence-electron chi connectivity index (χ0n) is 25.3. The van der Waals surface area contributed by atoms with Gasteiger partial charge in [0.05, 0.1) is 36.6 Å². The van der Waals surface area contributed by atoms with Crippen LogP contribution in [0.4, 0.5) is 10.5 Å². The van der Waals surface area contributed by atoms with E-state index in [1.807, 2.05) is 88.4 Å². The van der Waals surface area contributed by atoms with E-state index in [1.54, 1.807) is 39.8 Å². The second-order valence-electron chi connectivity index (χ2n) is 11.3. The average molecular weight is 634 g/mol. The molecule has 8 nitrogen and oxygen atoms in total. The van der Waals surface area contributed by atoms with Crippen LogP contribution in [-0.4, -0.2) is 52.5 Å². The van der Waals surface area contributed by atoms with Crippen molar-refractivity contribution in [3.63, 3.8) is 0 Å². The first kappa shape index (κ1) is 31.2. The number of para-hydroxylation sites is 1. The van der Waals surface area contributed by atoms with Crippen LogP contribution < -0.4 is 9.64 Å². The van der Waals surface area contributed by atoms with E-state index in [4.69, 9.17) is 37.8 Å². The lowest BCUT2D eigenvalue weighted by Gasteiger charge is -2.32. The number of benzene rings is 3. The first-order chi connectivity index (χ1) is 21.0. The highest BCUT2D eigenvalue weighted by atomic mass is 35.5. The van der Waals surface area contributed by atoms with E-state index in [1.165, 1.54) is 0 Å². The summed E-state index contributed by atoms with van der Waals surface area (Å²) in [6.45, 7) is 8.12. The lowest BCUT2D eigenvalue weighted by Crippen LogP contribution is -2.40. The van der Waals surface area contributed by atoms with Gasteiger partial charge in [0.2, 0.25) is 0 Å². The molecule has 1 aromatic heterocycles. The van der Waals surface area contributed by atoms with E-state index >= 15 is 0 Å². The van der Waals surface area contributed by atoms with Gasteiger partial charge in [0.25, 0.3) is 5.91 Å². The van der Waals surface area contributed by atoms with Gasteiger partial charge in [-0.2, -0.15) is 5.10 Å². The van der Waals surface area contributed by atoms with Gasteiger partial charge in [-0.1, -0.05) is 53.5 Å². The summed E-state index contributed by atoms with van der Waals surface area (Å²) in [7, 11) is 1.61. The predicted octanol–water partition coefficient (Wildman–Crippen LogP) is 8.15. The van der Waals surface area contributed by atoms with Gasteiger partial charge in [-0.15, -0.1) is 0 Å². The van der Waals surface area contributed by atoms with Gasteiger partial charge >= 0.3 is 6.09 Å². The Labute approximate surface area is 267 Å². The Bertz CT molecular complexity index is 1710. The molecule has 0 atom stereocenters. The molecular formula is C34H34Cl2N4O4. The number of amides is 2. The number of aromatic nitrogens is 2. The molecule has 4 aromatic rings. The highest BCUT2D eigenvalue weighted by molar-refractivity contribution is 6.35. The van der Waals surface area contributed by atoms with Gasteiger partial charge in [-0.3, -0.25) is 9.69 Å². The zero-order chi connectivity index (χ0) is 31.6. The molecule has 2 heterocycles. The van der Waals surface area contributed by atoms with Crippen LogP contribution in [0.3, 0.4) is 0 Å². The minimum absolute atomic E-state index is 0.114. The number of hydrogen-bond donors (Lipinski definition) is 0. The summed E-state index contributed by atoms with van der Waals surface area (Å²) in [5.41, 5.74) is 3.70. The normalized spacial score (nSPS) is 13.9. The van der Waals surface area contributed by atoms with E-state index in [9.17, 15) is 9.59 Å². The molecule has 0 N–H and O–H groups in total. The predicted molar refractivity (Wildman–Crippen MR) is 175 cm³/mol. The van der Waals surface area contributed by atoms with E-state index < -0.39 is 11.7 Å². The maximum Gasteiger partial charge on any atom is 0.410 e. The van der Waals surface area contributed by atoms with Crippen LogP contribution in [0.2, 0.25) is 10.0 Å². The number of methoxy groups -OCH3 is 1. The molecule has 2 amide bonds. The van der Waals surface area contributed by atoms with Gasteiger partial charge in [0.15, 0.2) is 5.69 Å². The molecule has 44 heavy (non-hydrogen) atoms. The second-order valence-corrected chi connectivity index (χ2v) is 12.2. The number of ether oxygens (including phenoxy) is 2. The quantitative estimate of drug-likeness (QED) is 0.214. The van der Waals surface area contributed by atoms with Crippen molar-refractivity contribution in [1.82, 2.24) is 14.7 Å². The second kappa shape index (κ2) is 12.8. The Morgan fingerprint density at radius 1 is 1.00 bits per heavy atom. The molecule has 228 valence electrons. The summed E-state index contributed by atoms with van der Waals surface area (Å²) >= 11 is 13.0. The SMILES string of the molecule is CCN(C(=O)c1nn(-c2ccc(Cl)cc2Cl)c2c1CN(C(=O)OC(C)(C)C)CC2=Cc1ccc(OC)cc1)c1ccccc1. The van der Waals surface area contributed by atoms with Gasteiger partial charge < -0.3 is 14.4 Å². The van der Waals surface area contributed by atoms with Crippen molar-refractivity contribution >= 4 is 52.5 Å². The third kappa shape index (κ3) is 6.61. The fraction of sp³-hybridized carbons (Fsp3) is 0.265. The summed E-state index contributed by atoms with van der Waals surface area (Å²) in [5.74, 6) is 0.423. The van der Waals surface area contributed by atoms with Gasteiger partial charge in [-0.05, 0) is 87.4 Å².